The van der Waals surface area contributed by atoms with E-state index in [1.54, 1.807) is 12.4 Å². The summed E-state index contributed by atoms with van der Waals surface area (Å²) in [4.78, 5) is 16.0. The van der Waals surface area contributed by atoms with Crippen LogP contribution < -0.4 is 0 Å². The van der Waals surface area contributed by atoms with Gasteiger partial charge in [0.2, 0.25) is 0 Å². The minimum absolute atomic E-state index is 0.135. The zero-order chi connectivity index (χ0) is 13.5. The average Bonchev–Trinajstić information content (AvgIpc) is 3.11. The van der Waals surface area contributed by atoms with Gasteiger partial charge in [0, 0.05) is 23.5 Å². The van der Waals surface area contributed by atoms with Gasteiger partial charge in [-0.3, -0.25) is 9.78 Å². The fourth-order valence-corrected chi connectivity index (χ4v) is 3.48. The molecule has 2 atom stereocenters. The van der Waals surface area contributed by atoms with Crippen LogP contribution in [0.4, 0.5) is 0 Å². The summed E-state index contributed by atoms with van der Waals surface area (Å²) in [5, 5.41) is 9.73. The molecule has 5 heteroatoms. The smallest absolute Gasteiger partial charge is 0.312 e. The van der Waals surface area contributed by atoms with Crippen LogP contribution in [0, 0.1) is 11.3 Å². The van der Waals surface area contributed by atoms with E-state index in [0.29, 0.717) is 25.4 Å². The molecule has 0 spiro atoms. The van der Waals surface area contributed by atoms with E-state index in [-0.39, 0.29) is 6.10 Å². The lowest BCUT2D eigenvalue weighted by atomic mass is 9.74. The average molecular weight is 326 g/mol. The van der Waals surface area contributed by atoms with E-state index in [2.05, 4.69) is 20.9 Å². The lowest BCUT2D eigenvalue weighted by Crippen LogP contribution is -2.42. The molecule has 102 valence electrons. The maximum absolute atomic E-state index is 11.8. The van der Waals surface area contributed by atoms with Gasteiger partial charge in [-0.1, -0.05) is 0 Å². The third-order valence-corrected chi connectivity index (χ3v) is 4.58. The van der Waals surface area contributed by atoms with E-state index in [4.69, 9.17) is 4.74 Å². The molecule has 4 nitrogen and oxygen atoms in total. The highest BCUT2D eigenvalue weighted by atomic mass is 79.9. The first kappa shape index (κ1) is 13.1. The number of pyridine rings is 1. The maximum atomic E-state index is 11.8. The van der Waals surface area contributed by atoms with Gasteiger partial charge < -0.3 is 9.84 Å². The number of hydrogen-bond acceptors (Lipinski definition) is 3. The van der Waals surface area contributed by atoms with E-state index in [0.717, 1.165) is 22.9 Å². The third-order valence-electron chi connectivity index (χ3n) is 4.15. The Morgan fingerprint density at radius 1 is 1.53 bits per heavy atom. The molecule has 0 aromatic carbocycles. The highest BCUT2D eigenvalue weighted by Crippen LogP contribution is 2.49. The van der Waals surface area contributed by atoms with E-state index < -0.39 is 11.4 Å². The molecule has 2 unspecified atom stereocenters. The Hall–Kier alpha value is -0.940. The van der Waals surface area contributed by atoms with Crippen molar-refractivity contribution < 1.29 is 14.6 Å². The quantitative estimate of drug-likeness (QED) is 0.924. The normalized spacial score (nSPS) is 30.5. The first-order chi connectivity index (χ1) is 9.12. The predicted octanol–water partition coefficient (Wildman–Crippen LogP) is 2.66. The second kappa shape index (κ2) is 4.87. The van der Waals surface area contributed by atoms with E-state index in [9.17, 15) is 9.90 Å². The van der Waals surface area contributed by atoms with Crippen LogP contribution in [-0.4, -0.2) is 28.8 Å². The van der Waals surface area contributed by atoms with Crippen molar-refractivity contribution in [2.75, 3.05) is 6.61 Å². The highest BCUT2D eigenvalue weighted by molar-refractivity contribution is 9.10. The van der Waals surface area contributed by atoms with Crippen molar-refractivity contribution in [2.45, 2.75) is 31.8 Å². The summed E-state index contributed by atoms with van der Waals surface area (Å²) in [6.45, 7) is 0.550. The molecule has 0 amide bonds. The van der Waals surface area contributed by atoms with Crippen LogP contribution in [0.2, 0.25) is 0 Å². The van der Waals surface area contributed by atoms with Crippen molar-refractivity contribution in [1.82, 2.24) is 4.98 Å². The number of aromatic nitrogens is 1. The van der Waals surface area contributed by atoms with Crippen LogP contribution in [0.15, 0.2) is 22.9 Å². The topological polar surface area (TPSA) is 59.4 Å². The SMILES string of the molecule is O=C(O)C1(Cc2cncc(Br)c2)CCOC1C1CC1. The number of rotatable bonds is 4. The van der Waals surface area contributed by atoms with Crippen molar-refractivity contribution in [3.63, 3.8) is 0 Å². The zero-order valence-electron chi connectivity index (χ0n) is 10.5. The molecule has 1 saturated heterocycles. The van der Waals surface area contributed by atoms with Crippen LogP contribution in [0.3, 0.4) is 0 Å². The summed E-state index contributed by atoms with van der Waals surface area (Å²) in [6, 6.07) is 1.94. The first-order valence-electron chi connectivity index (χ1n) is 6.56. The number of ether oxygens (including phenoxy) is 1. The number of carboxylic acid groups (broad SMARTS) is 1. The summed E-state index contributed by atoms with van der Waals surface area (Å²) < 4.78 is 6.63. The third kappa shape index (κ3) is 2.41. The highest BCUT2D eigenvalue weighted by Gasteiger charge is 2.55. The Labute approximate surface area is 120 Å². The summed E-state index contributed by atoms with van der Waals surface area (Å²) >= 11 is 3.38. The van der Waals surface area contributed by atoms with Gasteiger partial charge in [-0.25, -0.2) is 0 Å². The first-order valence-corrected chi connectivity index (χ1v) is 7.35. The number of carboxylic acids is 1. The van der Waals surface area contributed by atoms with Gasteiger partial charge in [-0.05, 0) is 59.2 Å². The van der Waals surface area contributed by atoms with Crippen LogP contribution in [0.1, 0.15) is 24.8 Å². The Kier molecular flexibility index (Phi) is 3.35. The second-order valence-electron chi connectivity index (χ2n) is 5.53. The molecular formula is C14H16BrNO3. The van der Waals surface area contributed by atoms with Crippen LogP contribution in [0.5, 0.6) is 0 Å². The Morgan fingerprint density at radius 2 is 2.32 bits per heavy atom. The lowest BCUT2D eigenvalue weighted by Gasteiger charge is -2.30. The second-order valence-corrected chi connectivity index (χ2v) is 6.44. The summed E-state index contributed by atoms with van der Waals surface area (Å²) in [7, 11) is 0. The molecular weight excluding hydrogens is 310 g/mol. The van der Waals surface area contributed by atoms with Crippen molar-refractivity contribution in [3.05, 3.63) is 28.5 Å². The fraction of sp³-hybridized carbons (Fsp3) is 0.571. The Morgan fingerprint density at radius 3 is 2.95 bits per heavy atom. The number of hydrogen-bond donors (Lipinski definition) is 1. The largest absolute Gasteiger partial charge is 0.481 e. The maximum Gasteiger partial charge on any atom is 0.312 e. The van der Waals surface area contributed by atoms with Crippen LogP contribution >= 0.6 is 15.9 Å². The van der Waals surface area contributed by atoms with Crippen LogP contribution in [-0.2, 0) is 16.0 Å². The fourth-order valence-electron chi connectivity index (χ4n) is 3.07. The van der Waals surface area contributed by atoms with E-state index >= 15 is 0 Å². The summed E-state index contributed by atoms with van der Waals surface area (Å²) in [5.74, 6) is -0.305. The monoisotopic (exact) mass is 325 g/mol. The molecule has 1 aromatic heterocycles. The molecule has 0 radical (unpaired) electrons. The van der Waals surface area contributed by atoms with Crippen molar-refractivity contribution in [2.24, 2.45) is 11.3 Å². The molecule has 1 N–H and O–H groups in total. The summed E-state index contributed by atoms with van der Waals surface area (Å²) in [6.07, 6.45) is 6.60. The molecule has 3 rings (SSSR count). The summed E-state index contributed by atoms with van der Waals surface area (Å²) in [5.41, 5.74) is 0.178. The van der Waals surface area contributed by atoms with E-state index in [1.807, 2.05) is 6.07 Å². The number of halogens is 1. The van der Waals surface area contributed by atoms with Crippen LogP contribution in [0.25, 0.3) is 0 Å². The van der Waals surface area contributed by atoms with Crippen molar-refractivity contribution in [3.8, 4) is 0 Å². The predicted molar refractivity (Wildman–Crippen MR) is 72.8 cm³/mol. The van der Waals surface area contributed by atoms with Crippen molar-refractivity contribution in [1.29, 1.82) is 0 Å². The molecule has 1 aromatic rings. The molecule has 19 heavy (non-hydrogen) atoms. The van der Waals surface area contributed by atoms with Gasteiger partial charge in [0.15, 0.2) is 0 Å². The number of nitrogens with zero attached hydrogens (tertiary/aromatic N) is 1. The molecule has 0 bridgehead atoms. The van der Waals surface area contributed by atoms with Gasteiger partial charge in [-0.15, -0.1) is 0 Å². The number of aliphatic carboxylic acids is 1. The van der Waals surface area contributed by atoms with Gasteiger partial charge in [0.05, 0.1) is 6.10 Å². The van der Waals surface area contributed by atoms with Crippen molar-refractivity contribution >= 4 is 21.9 Å². The molecule has 1 aliphatic heterocycles. The molecule has 1 saturated carbocycles. The van der Waals surface area contributed by atoms with Gasteiger partial charge >= 0.3 is 5.97 Å². The standard InChI is InChI=1S/C14H16BrNO3/c15-11-5-9(7-16-8-11)6-14(13(17)18)3-4-19-12(14)10-1-2-10/h5,7-8,10,12H,1-4,6H2,(H,17,18). The van der Waals surface area contributed by atoms with Gasteiger partial charge in [-0.2, -0.15) is 0 Å². The van der Waals surface area contributed by atoms with E-state index in [1.165, 1.54) is 0 Å². The molecule has 1 aliphatic carbocycles. The zero-order valence-corrected chi connectivity index (χ0v) is 12.1. The lowest BCUT2D eigenvalue weighted by molar-refractivity contribution is -0.153. The molecule has 2 fully saturated rings. The Bertz CT molecular complexity index is 503. The van der Waals surface area contributed by atoms with Gasteiger partial charge in [0.25, 0.3) is 0 Å². The van der Waals surface area contributed by atoms with Gasteiger partial charge in [0.1, 0.15) is 5.41 Å². The molecule has 2 heterocycles. The molecule has 2 aliphatic rings. The minimum Gasteiger partial charge on any atom is -0.481 e. The minimum atomic E-state index is -0.774. The Balaban J connectivity index is 1.90. The number of carbonyl (C=O) groups is 1.